The Kier molecular flexibility index (Phi) is 6.59. The predicted molar refractivity (Wildman–Crippen MR) is 114 cm³/mol. The Labute approximate surface area is 172 Å². The topological polar surface area (TPSA) is 108 Å². The predicted octanol–water partition coefficient (Wildman–Crippen LogP) is 4.27. The van der Waals surface area contributed by atoms with E-state index < -0.39 is 0 Å². The molecule has 0 radical (unpaired) electrons. The number of benzene rings is 1. The first-order valence-corrected chi connectivity index (χ1v) is 9.22. The fourth-order valence-electron chi connectivity index (χ4n) is 2.49. The third-order valence-corrected chi connectivity index (χ3v) is 3.99. The van der Waals surface area contributed by atoms with Crippen molar-refractivity contribution in [1.29, 1.82) is 0 Å². The highest BCUT2D eigenvalue weighted by Crippen LogP contribution is 2.25. The molecule has 4 N–H and O–H groups in total. The van der Waals surface area contributed by atoms with Crippen LogP contribution in [0.3, 0.4) is 0 Å². The summed E-state index contributed by atoms with van der Waals surface area (Å²) in [4.78, 5) is 32.7. The first-order valence-electron chi connectivity index (χ1n) is 8.84. The van der Waals surface area contributed by atoms with Gasteiger partial charge in [0.1, 0.15) is 5.82 Å². The summed E-state index contributed by atoms with van der Waals surface area (Å²) in [5.74, 6) is -0.0852. The summed E-state index contributed by atoms with van der Waals surface area (Å²) in [6.07, 6.45) is 4.55. The SMILES string of the molecule is CCNC(=O)Nc1cc(Nc2cccc(Cl)c2)c(C(=O)Nc2cccnc2)cn1. The number of carbonyl (C=O) groups is 2. The molecule has 148 valence electrons. The summed E-state index contributed by atoms with van der Waals surface area (Å²) in [6, 6.07) is 11.7. The van der Waals surface area contributed by atoms with E-state index in [4.69, 9.17) is 11.6 Å². The molecule has 0 aliphatic rings. The van der Waals surface area contributed by atoms with Crippen LogP contribution in [0.5, 0.6) is 0 Å². The van der Waals surface area contributed by atoms with Crippen molar-refractivity contribution >= 4 is 46.4 Å². The van der Waals surface area contributed by atoms with Crippen molar-refractivity contribution in [1.82, 2.24) is 15.3 Å². The second kappa shape index (κ2) is 9.52. The molecule has 2 heterocycles. The Bertz CT molecular complexity index is 1010. The van der Waals surface area contributed by atoms with Crippen LogP contribution in [0.2, 0.25) is 5.02 Å². The van der Waals surface area contributed by atoms with Gasteiger partial charge in [-0.3, -0.25) is 15.1 Å². The van der Waals surface area contributed by atoms with E-state index in [9.17, 15) is 9.59 Å². The summed E-state index contributed by atoms with van der Waals surface area (Å²) in [6.45, 7) is 2.29. The summed E-state index contributed by atoms with van der Waals surface area (Å²) >= 11 is 6.05. The molecule has 8 nitrogen and oxygen atoms in total. The zero-order chi connectivity index (χ0) is 20.6. The van der Waals surface area contributed by atoms with Gasteiger partial charge in [0.15, 0.2) is 0 Å². The minimum atomic E-state index is -0.388. The van der Waals surface area contributed by atoms with Gasteiger partial charge in [0, 0.05) is 35.7 Å². The molecule has 0 fully saturated rings. The van der Waals surface area contributed by atoms with E-state index >= 15 is 0 Å². The maximum Gasteiger partial charge on any atom is 0.320 e. The molecule has 3 rings (SSSR count). The maximum atomic E-state index is 12.8. The van der Waals surface area contributed by atoms with Gasteiger partial charge in [-0.2, -0.15) is 0 Å². The molecule has 0 aliphatic carbocycles. The average Bonchev–Trinajstić information content (AvgIpc) is 2.69. The molecule has 0 bridgehead atoms. The molecule has 0 saturated heterocycles. The fraction of sp³-hybridized carbons (Fsp3) is 0.100. The van der Waals surface area contributed by atoms with E-state index in [2.05, 4.69) is 31.2 Å². The lowest BCUT2D eigenvalue weighted by atomic mass is 10.2. The van der Waals surface area contributed by atoms with Crippen LogP contribution < -0.4 is 21.3 Å². The van der Waals surface area contributed by atoms with Gasteiger partial charge in [-0.05, 0) is 37.3 Å². The summed E-state index contributed by atoms with van der Waals surface area (Å²) in [7, 11) is 0. The number of pyridine rings is 2. The minimum absolute atomic E-state index is 0.287. The van der Waals surface area contributed by atoms with Crippen LogP contribution in [0.4, 0.5) is 27.7 Å². The van der Waals surface area contributed by atoms with Crippen LogP contribution >= 0.6 is 11.6 Å². The summed E-state index contributed by atoms with van der Waals surface area (Å²) < 4.78 is 0. The third-order valence-electron chi connectivity index (χ3n) is 3.75. The van der Waals surface area contributed by atoms with E-state index in [0.717, 1.165) is 0 Å². The summed E-state index contributed by atoms with van der Waals surface area (Å²) in [5.41, 5.74) is 1.98. The van der Waals surface area contributed by atoms with Gasteiger partial charge < -0.3 is 16.0 Å². The van der Waals surface area contributed by atoms with Crippen LogP contribution in [0, 0.1) is 0 Å². The molecular weight excluding hydrogens is 392 g/mol. The van der Waals surface area contributed by atoms with E-state index in [1.54, 1.807) is 48.8 Å². The second-order valence-corrected chi connectivity index (χ2v) is 6.37. The van der Waals surface area contributed by atoms with Crippen molar-refractivity contribution < 1.29 is 9.59 Å². The molecule has 2 aromatic heterocycles. The van der Waals surface area contributed by atoms with Crippen molar-refractivity contribution in [3.05, 3.63) is 71.6 Å². The van der Waals surface area contributed by atoms with E-state index in [1.165, 1.54) is 6.20 Å². The van der Waals surface area contributed by atoms with Gasteiger partial charge in [0.05, 0.1) is 23.1 Å². The number of aromatic nitrogens is 2. The minimum Gasteiger partial charge on any atom is -0.355 e. The van der Waals surface area contributed by atoms with Crippen LogP contribution in [0.25, 0.3) is 0 Å². The number of rotatable bonds is 6. The molecule has 1 aromatic carbocycles. The summed E-state index contributed by atoms with van der Waals surface area (Å²) in [5, 5.41) is 11.7. The molecule has 0 saturated carbocycles. The standard InChI is InChI=1S/C20H19ClN6O2/c1-2-23-20(29)27-18-10-17(25-14-6-3-5-13(21)9-14)16(12-24-18)19(28)26-15-7-4-8-22-11-15/h3-12H,2H2,1H3,(H,26,28)(H3,23,24,25,27,29). The van der Waals surface area contributed by atoms with Crippen molar-refractivity contribution in [2.45, 2.75) is 6.92 Å². The monoisotopic (exact) mass is 410 g/mol. The lowest BCUT2D eigenvalue weighted by Crippen LogP contribution is -2.28. The Morgan fingerprint density at radius 1 is 1.03 bits per heavy atom. The molecule has 3 aromatic rings. The quantitative estimate of drug-likeness (QED) is 0.485. The molecule has 9 heteroatoms. The highest BCUT2D eigenvalue weighted by molar-refractivity contribution is 6.30. The van der Waals surface area contributed by atoms with Gasteiger partial charge in [-0.25, -0.2) is 9.78 Å². The number of urea groups is 1. The Morgan fingerprint density at radius 3 is 2.59 bits per heavy atom. The third kappa shape index (κ3) is 5.66. The number of nitrogens with zero attached hydrogens (tertiary/aromatic N) is 2. The molecular formula is C20H19ClN6O2. The van der Waals surface area contributed by atoms with Crippen molar-refractivity contribution in [3.8, 4) is 0 Å². The highest BCUT2D eigenvalue weighted by atomic mass is 35.5. The zero-order valence-corrected chi connectivity index (χ0v) is 16.3. The van der Waals surface area contributed by atoms with Gasteiger partial charge in [-0.15, -0.1) is 0 Å². The van der Waals surface area contributed by atoms with Crippen molar-refractivity contribution in [2.75, 3.05) is 22.5 Å². The molecule has 3 amide bonds. The zero-order valence-electron chi connectivity index (χ0n) is 15.6. The van der Waals surface area contributed by atoms with Gasteiger partial charge in [-0.1, -0.05) is 17.7 Å². The molecule has 0 spiro atoms. The van der Waals surface area contributed by atoms with Gasteiger partial charge >= 0.3 is 6.03 Å². The number of halogens is 1. The second-order valence-electron chi connectivity index (χ2n) is 5.93. The average molecular weight is 411 g/mol. The molecule has 0 aliphatic heterocycles. The lowest BCUT2D eigenvalue weighted by Gasteiger charge is -2.14. The largest absolute Gasteiger partial charge is 0.355 e. The maximum absolute atomic E-state index is 12.8. The number of hydrogen-bond acceptors (Lipinski definition) is 5. The number of nitrogens with one attached hydrogen (secondary N) is 4. The van der Waals surface area contributed by atoms with Crippen molar-refractivity contribution in [3.63, 3.8) is 0 Å². The normalized spacial score (nSPS) is 10.1. The van der Waals surface area contributed by atoms with Crippen LogP contribution in [0.15, 0.2) is 61.1 Å². The van der Waals surface area contributed by atoms with Crippen LogP contribution in [0.1, 0.15) is 17.3 Å². The van der Waals surface area contributed by atoms with Crippen LogP contribution in [-0.2, 0) is 0 Å². The van der Waals surface area contributed by atoms with E-state index in [0.29, 0.717) is 34.4 Å². The Balaban J connectivity index is 1.90. The van der Waals surface area contributed by atoms with Gasteiger partial charge in [0.25, 0.3) is 5.91 Å². The number of amides is 3. The van der Waals surface area contributed by atoms with E-state index in [-0.39, 0.29) is 17.5 Å². The first kappa shape index (κ1) is 20.1. The van der Waals surface area contributed by atoms with Crippen LogP contribution in [-0.4, -0.2) is 28.5 Å². The lowest BCUT2D eigenvalue weighted by molar-refractivity contribution is 0.102. The number of hydrogen-bond donors (Lipinski definition) is 4. The number of anilines is 4. The number of carbonyl (C=O) groups excluding carboxylic acids is 2. The Morgan fingerprint density at radius 2 is 1.86 bits per heavy atom. The fourth-order valence-corrected chi connectivity index (χ4v) is 2.68. The molecule has 0 atom stereocenters. The smallest absolute Gasteiger partial charge is 0.320 e. The highest BCUT2D eigenvalue weighted by Gasteiger charge is 2.15. The van der Waals surface area contributed by atoms with Gasteiger partial charge in [0.2, 0.25) is 0 Å². The van der Waals surface area contributed by atoms with Crippen molar-refractivity contribution in [2.24, 2.45) is 0 Å². The molecule has 29 heavy (non-hydrogen) atoms. The Hall–Kier alpha value is -3.65. The molecule has 0 unspecified atom stereocenters. The first-order chi connectivity index (χ1) is 14.0. The van der Waals surface area contributed by atoms with E-state index in [1.807, 2.05) is 13.0 Å².